The first kappa shape index (κ1) is 24.1. The van der Waals surface area contributed by atoms with Gasteiger partial charge in [-0.05, 0) is 24.1 Å². The molecular weight excluding hydrogens is 440 g/mol. The lowest BCUT2D eigenvalue weighted by Crippen LogP contribution is -2.48. The molecule has 0 saturated carbocycles. The second-order valence-electron chi connectivity index (χ2n) is 7.86. The van der Waals surface area contributed by atoms with E-state index in [1.54, 1.807) is 13.8 Å². The highest BCUT2D eigenvalue weighted by Crippen LogP contribution is 2.38. The third kappa shape index (κ3) is 4.66. The molecular formula is C22H24O11. The Hall–Kier alpha value is -3.51. The largest absolute Gasteiger partial charge is 0.508 e. The van der Waals surface area contributed by atoms with Crippen LogP contribution in [0.5, 0.6) is 28.7 Å². The van der Waals surface area contributed by atoms with Gasteiger partial charge < -0.3 is 50.0 Å². The van der Waals surface area contributed by atoms with Gasteiger partial charge in [-0.25, -0.2) is 0 Å². The Morgan fingerprint density at radius 2 is 1.48 bits per heavy atom. The van der Waals surface area contributed by atoms with Gasteiger partial charge in [0.25, 0.3) is 0 Å². The average Bonchev–Trinajstić information content (AvgIpc) is 2.75. The van der Waals surface area contributed by atoms with Crippen LogP contribution in [0.4, 0.5) is 0 Å². The Kier molecular flexibility index (Phi) is 6.70. The van der Waals surface area contributed by atoms with Crippen LogP contribution in [0.3, 0.4) is 0 Å². The summed E-state index contributed by atoms with van der Waals surface area (Å²) in [5, 5.41) is 79.5. The number of rotatable bonds is 7. The standard InChI is InChI=1S/C22H24O11/c1-8(2)16(27)18(29)19(30)22(31)33-21-17(28)15-13(26)6-10(23)7-14(15)32-20(21)9-3-4-11(24)12(25)5-9/h3-8,16,18-19,22-27,29-31H,1-2H3. The first-order chi connectivity index (χ1) is 15.4. The van der Waals surface area contributed by atoms with E-state index in [0.717, 1.165) is 24.3 Å². The summed E-state index contributed by atoms with van der Waals surface area (Å²) in [6, 6.07) is 5.28. The van der Waals surface area contributed by atoms with Gasteiger partial charge in [-0.15, -0.1) is 0 Å². The molecule has 0 aliphatic rings. The maximum Gasteiger partial charge on any atom is 0.239 e. The predicted molar refractivity (Wildman–Crippen MR) is 114 cm³/mol. The van der Waals surface area contributed by atoms with Crippen LogP contribution in [0.25, 0.3) is 22.3 Å². The summed E-state index contributed by atoms with van der Waals surface area (Å²) in [5.41, 5.74) is -1.29. The van der Waals surface area contributed by atoms with E-state index in [4.69, 9.17) is 9.15 Å². The van der Waals surface area contributed by atoms with Crippen molar-refractivity contribution >= 4 is 11.0 Å². The molecule has 0 aliphatic heterocycles. The second kappa shape index (κ2) is 9.16. The fourth-order valence-corrected chi connectivity index (χ4v) is 3.19. The van der Waals surface area contributed by atoms with Crippen LogP contribution < -0.4 is 10.2 Å². The molecule has 3 aromatic rings. The Bertz CT molecular complexity index is 1220. The number of aromatic hydroxyl groups is 4. The molecule has 0 aliphatic carbocycles. The summed E-state index contributed by atoms with van der Waals surface area (Å²) in [7, 11) is 0. The minimum absolute atomic E-state index is 0.00779. The van der Waals surface area contributed by atoms with E-state index >= 15 is 0 Å². The monoisotopic (exact) mass is 464 g/mol. The maximum absolute atomic E-state index is 13.1. The summed E-state index contributed by atoms with van der Waals surface area (Å²) < 4.78 is 10.8. The molecule has 0 saturated heterocycles. The third-order valence-corrected chi connectivity index (χ3v) is 5.07. The van der Waals surface area contributed by atoms with E-state index in [-0.39, 0.29) is 11.1 Å². The van der Waals surface area contributed by atoms with Crippen molar-refractivity contribution in [1.29, 1.82) is 0 Å². The number of hydrogen-bond acceptors (Lipinski definition) is 11. The van der Waals surface area contributed by atoms with Crippen LogP contribution in [0, 0.1) is 5.92 Å². The smallest absolute Gasteiger partial charge is 0.239 e. The fraction of sp³-hybridized carbons (Fsp3) is 0.318. The fourth-order valence-electron chi connectivity index (χ4n) is 3.19. The van der Waals surface area contributed by atoms with E-state index in [2.05, 4.69) is 0 Å². The molecule has 0 fully saturated rings. The molecule has 1 aromatic heterocycles. The molecule has 0 spiro atoms. The molecule has 0 bridgehead atoms. The molecule has 0 radical (unpaired) electrons. The SMILES string of the molecule is CC(C)C(O)C(O)C(O)C(O)Oc1c(-c2ccc(O)c(O)c2)oc2cc(O)cc(O)c2c1=O. The van der Waals surface area contributed by atoms with Crippen molar-refractivity contribution in [3.05, 3.63) is 40.6 Å². The number of hydrogen-bond donors (Lipinski definition) is 8. The van der Waals surface area contributed by atoms with Gasteiger partial charge in [0.05, 0.1) is 6.10 Å². The lowest BCUT2D eigenvalue weighted by atomic mass is 9.98. The summed E-state index contributed by atoms with van der Waals surface area (Å²) in [6.45, 7) is 3.14. The van der Waals surface area contributed by atoms with E-state index in [9.17, 15) is 45.6 Å². The van der Waals surface area contributed by atoms with Crippen LogP contribution in [-0.2, 0) is 0 Å². The van der Waals surface area contributed by atoms with Crippen LogP contribution in [0.15, 0.2) is 39.5 Å². The first-order valence-corrected chi connectivity index (χ1v) is 9.86. The van der Waals surface area contributed by atoms with Gasteiger partial charge in [0.2, 0.25) is 17.5 Å². The third-order valence-electron chi connectivity index (χ3n) is 5.07. The van der Waals surface area contributed by atoms with E-state index in [1.165, 1.54) is 6.07 Å². The molecule has 178 valence electrons. The Balaban J connectivity index is 2.17. The zero-order valence-corrected chi connectivity index (χ0v) is 17.6. The molecule has 11 nitrogen and oxygen atoms in total. The predicted octanol–water partition coefficient (Wildman–Crippen LogP) is 0.718. The second-order valence-corrected chi connectivity index (χ2v) is 7.86. The number of aliphatic hydroxyl groups is 4. The highest BCUT2D eigenvalue weighted by Gasteiger charge is 2.34. The van der Waals surface area contributed by atoms with Crippen molar-refractivity contribution in [2.45, 2.75) is 38.4 Å². The number of ether oxygens (including phenoxy) is 1. The topological polar surface area (TPSA) is 201 Å². The van der Waals surface area contributed by atoms with Crippen molar-refractivity contribution in [3.63, 3.8) is 0 Å². The molecule has 2 aromatic carbocycles. The Labute approximate surface area is 186 Å². The van der Waals surface area contributed by atoms with Crippen LogP contribution >= 0.6 is 0 Å². The quantitative estimate of drug-likeness (QED) is 0.181. The molecule has 33 heavy (non-hydrogen) atoms. The highest BCUT2D eigenvalue weighted by molar-refractivity contribution is 5.88. The Morgan fingerprint density at radius 3 is 2.09 bits per heavy atom. The zero-order valence-electron chi connectivity index (χ0n) is 17.6. The van der Waals surface area contributed by atoms with Gasteiger partial charge in [-0.3, -0.25) is 4.79 Å². The van der Waals surface area contributed by atoms with E-state index in [0.29, 0.717) is 0 Å². The number of benzene rings is 2. The first-order valence-electron chi connectivity index (χ1n) is 9.86. The molecule has 11 heteroatoms. The lowest BCUT2D eigenvalue weighted by Gasteiger charge is -2.28. The molecule has 4 unspecified atom stereocenters. The van der Waals surface area contributed by atoms with Gasteiger partial charge in [-0.1, -0.05) is 13.8 Å². The van der Waals surface area contributed by atoms with Crippen molar-refractivity contribution in [2.24, 2.45) is 5.92 Å². The van der Waals surface area contributed by atoms with Gasteiger partial charge in [0.15, 0.2) is 17.3 Å². The summed E-state index contributed by atoms with van der Waals surface area (Å²) in [6.07, 6.45) is -7.53. The maximum atomic E-state index is 13.1. The highest BCUT2D eigenvalue weighted by atomic mass is 16.6. The van der Waals surface area contributed by atoms with Crippen LogP contribution in [0.1, 0.15) is 13.8 Å². The van der Waals surface area contributed by atoms with Gasteiger partial charge >= 0.3 is 0 Å². The lowest BCUT2D eigenvalue weighted by molar-refractivity contribution is -0.170. The molecule has 8 N–H and O–H groups in total. The number of phenolic OH excluding ortho intramolecular Hbond substituents is 4. The number of aliphatic hydroxyl groups excluding tert-OH is 4. The number of fused-ring (bicyclic) bond motifs is 1. The normalized spacial score (nSPS) is 15.4. The van der Waals surface area contributed by atoms with Gasteiger partial charge in [0.1, 0.15) is 34.7 Å². The van der Waals surface area contributed by atoms with Crippen molar-refractivity contribution in [2.75, 3.05) is 0 Å². The van der Waals surface area contributed by atoms with E-state index < -0.39 is 75.8 Å². The van der Waals surface area contributed by atoms with Crippen LogP contribution in [0.2, 0.25) is 0 Å². The van der Waals surface area contributed by atoms with Gasteiger partial charge in [0, 0.05) is 17.7 Å². The zero-order chi connectivity index (χ0) is 24.6. The minimum Gasteiger partial charge on any atom is -0.508 e. The van der Waals surface area contributed by atoms with E-state index in [1.807, 2.05) is 0 Å². The van der Waals surface area contributed by atoms with Gasteiger partial charge in [-0.2, -0.15) is 0 Å². The summed E-state index contributed by atoms with van der Waals surface area (Å²) in [5.74, 6) is -3.71. The van der Waals surface area contributed by atoms with Crippen molar-refractivity contribution < 1.29 is 50.0 Å². The van der Waals surface area contributed by atoms with Crippen molar-refractivity contribution in [1.82, 2.24) is 0 Å². The molecule has 0 amide bonds. The minimum atomic E-state index is -2.22. The summed E-state index contributed by atoms with van der Waals surface area (Å²) in [4.78, 5) is 13.1. The van der Waals surface area contributed by atoms with Crippen molar-refractivity contribution in [3.8, 4) is 40.1 Å². The average molecular weight is 464 g/mol. The number of phenols is 4. The molecule has 3 rings (SSSR count). The summed E-state index contributed by atoms with van der Waals surface area (Å²) >= 11 is 0. The molecule has 4 atom stereocenters. The Morgan fingerprint density at radius 1 is 0.818 bits per heavy atom. The van der Waals surface area contributed by atoms with Crippen LogP contribution in [-0.4, -0.2) is 65.5 Å². The molecule has 1 heterocycles.